The molecule has 3 heterocycles. The number of hydrogen-bond donors (Lipinski definition) is 0. The third kappa shape index (κ3) is 11.0. The summed E-state index contributed by atoms with van der Waals surface area (Å²) in [4.78, 5) is 26.0. The van der Waals surface area contributed by atoms with Crippen LogP contribution in [0.25, 0.3) is 0 Å². The minimum Gasteiger partial charge on any atom is -0.493 e. The summed E-state index contributed by atoms with van der Waals surface area (Å²) in [6, 6.07) is 10.9. The number of benzene rings is 1. The summed E-state index contributed by atoms with van der Waals surface area (Å²) in [5.41, 5.74) is 4.92. The predicted molar refractivity (Wildman–Crippen MR) is 179 cm³/mol. The number of anilines is 1. The Balaban J connectivity index is 0.000000403. The summed E-state index contributed by atoms with van der Waals surface area (Å²) in [6.45, 7) is 17.8. The number of unbranched alkanes of at least 4 members (excludes halogenated alkanes) is 1. The Bertz CT molecular complexity index is 1100. The van der Waals surface area contributed by atoms with Gasteiger partial charge >= 0.3 is 0 Å². The van der Waals surface area contributed by atoms with Gasteiger partial charge in [-0.3, -0.25) is 19.7 Å². The summed E-state index contributed by atoms with van der Waals surface area (Å²) in [7, 11) is 0. The van der Waals surface area contributed by atoms with Crippen molar-refractivity contribution >= 4 is 17.3 Å². The number of ether oxygens (including phenoxy) is 1. The van der Waals surface area contributed by atoms with Crippen LogP contribution in [0.4, 0.5) is 5.69 Å². The van der Waals surface area contributed by atoms with E-state index in [9.17, 15) is 4.79 Å². The molecule has 1 amide bonds. The second-order valence-electron chi connectivity index (χ2n) is 10.9. The second-order valence-corrected chi connectivity index (χ2v) is 10.9. The fourth-order valence-electron chi connectivity index (χ4n) is 5.39. The number of fused-ring (bicyclic) bond motifs is 1. The van der Waals surface area contributed by atoms with E-state index in [2.05, 4.69) is 73.8 Å². The van der Waals surface area contributed by atoms with Crippen LogP contribution in [0.5, 0.6) is 5.75 Å². The van der Waals surface area contributed by atoms with Gasteiger partial charge in [0.15, 0.2) is 0 Å². The van der Waals surface area contributed by atoms with Crippen molar-refractivity contribution < 1.29 is 9.53 Å². The maximum absolute atomic E-state index is 13.2. The van der Waals surface area contributed by atoms with Crippen LogP contribution < -0.4 is 9.64 Å². The zero-order valence-corrected chi connectivity index (χ0v) is 27.4. The van der Waals surface area contributed by atoms with Gasteiger partial charge in [0.1, 0.15) is 5.75 Å². The fraction of sp³-hybridized carbons (Fsp3) is 0.583. The van der Waals surface area contributed by atoms with Gasteiger partial charge in [-0.05, 0) is 74.3 Å². The maximum atomic E-state index is 13.2. The van der Waals surface area contributed by atoms with Gasteiger partial charge in [-0.1, -0.05) is 72.6 Å². The number of aliphatic imine (C=N–C) groups is 1. The number of nitrogens with zero attached hydrogens (tertiary/aromatic N) is 4. The summed E-state index contributed by atoms with van der Waals surface area (Å²) in [5, 5.41) is 0. The van der Waals surface area contributed by atoms with Crippen molar-refractivity contribution in [2.75, 3.05) is 31.1 Å². The molecule has 2 aromatic rings. The maximum Gasteiger partial charge on any atom is 0.241 e. The van der Waals surface area contributed by atoms with Crippen LogP contribution in [0.2, 0.25) is 0 Å². The smallest absolute Gasteiger partial charge is 0.241 e. The number of aromatic nitrogens is 1. The minimum atomic E-state index is 0.168. The molecule has 4 rings (SSSR count). The first kappa shape index (κ1) is 35.2. The SMILES string of the molecule is CC.CC/C=C\N=C(CC)CCC.CCCCN(C(=O)CN1C[C@H](c2ccc3c(c2)CCO3)C[C@@H]1C)c1cccnc1. The molecule has 0 aliphatic carbocycles. The summed E-state index contributed by atoms with van der Waals surface area (Å²) >= 11 is 0. The normalized spacial score (nSPS) is 18.0. The number of allylic oxidation sites excluding steroid dienone is 1. The number of carbonyl (C=O) groups excluding carboxylic acids is 1. The first-order valence-corrected chi connectivity index (χ1v) is 16.4. The minimum absolute atomic E-state index is 0.168. The van der Waals surface area contributed by atoms with Crippen LogP contribution in [0, 0.1) is 0 Å². The number of carbonyl (C=O) groups is 1. The fourth-order valence-corrected chi connectivity index (χ4v) is 5.39. The van der Waals surface area contributed by atoms with E-state index in [1.807, 2.05) is 37.1 Å². The topological polar surface area (TPSA) is 58.0 Å². The van der Waals surface area contributed by atoms with E-state index in [4.69, 9.17) is 4.74 Å². The lowest BCUT2D eigenvalue weighted by Crippen LogP contribution is -2.42. The molecule has 42 heavy (non-hydrogen) atoms. The van der Waals surface area contributed by atoms with Crippen molar-refractivity contribution in [2.45, 2.75) is 112 Å². The number of amides is 1. The molecule has 1 saturated heterocycles. The van der Waals surface area contributed by atoms with Gasteiger partial charge in [-0.2, -0.15) is 0 Å². The molecule has 1 fully saturated rings. The molecule has 2 aliphatic heterocycles. The van der Waals surface area contributed by atoms with Crippen LogP contribution in [0.1, 0.15) is 110 Å². The number of pyridine rings is 1. The van der Waals surface area contributed by atoms with Gasteiger partial charge in [-0.15, -0.1) is 0 Å². The average molecular weight is 577 g/mol. The van der Waals surface area contributed by atoms with E-state index in [0.29, 0.717) is 18.5 Å². The quantitative estimate of drug-likeness (QED) is 0.237. The number of rotatable bonds is 12. The molecule has 0 N–H and O–H groups in total. The Morgan fingerprint density at radius 1 is 1.17 bits per heavy atom. The Morgan fingerprint density at radius 3 is 2.64 bits per heavy atom. The van der Waals surface area contributed by atoms with Crippen molar-refractivity contribution in [1.82, 2.24) is 9.88 Å². The monoisotopic (exact) mass is 576 g/mol. The van der Waals surface area contributed by atoms with Gasteiger partial charge in [0.25, 0.3) is 0 Å². The van der Waals surface area contributed by atoms with E-state index in [1.54, 1.807) is 12.4 Å². The molecule has 0 bridgehead atoms. The Labute approximate surface area is 256 Å². The molecule has 0 unspecified atom stereocenters. The third-order valence-corrected chi connectivity index (χ3v) is 7.77. The van der Waals surface area contributed by atoms with Crippen molar-refractivity contribution in [3.63, 3.8) is 0 Å². The largest absolute Gasteiger partial charge is 0.493 e. The van der Waals surface area contributed by atoms with Crippen LogP contribution in [-0.2, 0) is 11.2 Å². The highest BCUT2D eigenvalue weighted by Gasteiger charge is 2.33. The number of likely N-dealkylation sites (tertiary alicyclic amines) is 1. The Hall–Kier alpha value is -2.99. The zero-order chi connectivity index (χ0) is 30.7. The Morgan fingerprint density at radius 2 is 1.98 bits per heavy atom. The van der Waals surface area contributed by atoms with Gasteiger partial charge in [-0.25, -0.2) is 0 Å². The first-order chi connectivity index (χ1) is 20.5. The molecule has 0 spiro atoms. The lowest BCUT2D eigenvalue weighted by molar-refractivity contribution is -0.119. The highest BCUT2D eigenvalue weighted by atomic mass is 16.5. The van der Waals surface area contributed by atoms with E-state index in [1.165, 1.54) is 23.3 Å². The first-order valence-electron chi connectivity index (χ1n) is 16.4. The van der Waals surface area contributed by atoms with Gasteiger partial charge in [0, 0.05) is 43.7 Å². The van der Waals surface area contributed by atoms with Crippen molar-refractivity contribution in [3.05, 3.63) is 66.1 Å². The van der Waals surface area contributed by atoms with Crippen LogP contribution >= 0.6 is 0 Å². The molecule has 2 aliphatic rings. The highest BCUT2D eigenvalue weighted by Crippen LogP contribution is 2.35. The number of hydrogen-bond acceptors (Lipinski definition) is 5. The van der Waals surface area contributed by atoms with Crippen LogP contribution in [-0.4, -0.2) is 53.8 Å². The summed E-state index contributed by atoms with van der Waals surface area (Å²) in [5.74, 6) is 1.68. The highest BCUT2D eigenvalue weighted by molar-refractivity contribution is 5.94. The lowest BCUT2D eigenvalue weighted by atomic mass is 9.94. The molecule has 232 valence electrons. The molecule has 2 atom stereocenters. The molecule has 0 radical (unpaired) electrons. The molecule has 6 nitrogen and oxygen atoms in total. The third-order valence-electron chi connectivity index (χ3n) is 7.77. The lowest BCUT2D eigenvalue weighted by Gasteiger charge is -2.27. The molecular weight excluding hydrogens is 520 g/mol. The predicted octanol–water partition coefficient (Wildman–Crippen LogP) is 8.62. The van der Waals surface area contributed by atoms with E-state index in [0.717, 1.165) is 76.1 Å². The standard InChI is InChI=1S/C24H31N3O2.C10H19N.C2H6/c1-3-4-11-27(22-6-5-10-25-15-22)24(28)17-26-16-21(13-18(26)2)19-7-8-23-20(14-19)9-12-29-23;1-4-7-9-11-10(6-3)8-5-2;1-2/h5-8,10,14-15,18,21H,3-4,9,11-13,16-17H2,1-2H3;7,9H,4-6,8H2,1-3H3;1-2H3/b;9-7-,11-10?;/t18-,21+;;/m0../s1. The van der Waals surface area contributed by atoms with Crippen molar-refractivity contribution in [2.24, 2.45) is 4.99 Å². The van der Waals surface area contributed by atoms with E-state index >= 15 is 0 Å². The van der Waals surface area contributed by atoms with Crippen molar-refractivity contribution in [1.29, 1.82) is 0 Å². The van der Waals surface area contributed by atoms with Gasteiger partial charge in [0.2, 0.25) is 5.91 Å². The van der Waals surface area contributed by atoms with Gasteiger partial charge in [0.05, 0.1) is 25.0 Å². The molecule has 0 saturated carbocycles. The molecule has 1 aromatic carbocycles. The average Bonchev–Trinajstić information content (AvgIpc) is 3.64. The van der Waals surface area contributed by atoms with Crippen LogP contribution in [0.15, 0.2) is 60.0 Å². The summed E-state index contributed by atoms with van der Waals surface area (Å²) < 4.78 is 5.65. The van der Waals surface area contributed by atoms with Crippen molar-refractivity contribution in [3.8, 4) is 5.75 Å². The molecule has 1 aromatic heterocycles. The van der Waals surface area contributed by atoms with Crippen LogP contribution in [0.3, 0.4) is 0 Å². The van der Waals surface area contributed by atoms with Gasteiger partial charge < -0.3 is 9.64 Å². The molecular formula is C36H56N4O2. The molecule has 6 heteroatoms. The Kier molecular flexibility index (Phi) is 16.8. The van der Waals surface area contributed by atoms with E-state index in [-0.39, 0.29) is 5.91 Å². The second kappa shape index (κ2) is 20.0. The summed E-state index contributed by atoms with van der Waals surface area (Å²) in [6.07, 6.45) is 16.2. The zero-order valence-electron chi connectivity index (χ0n) is 27.4. The van der Waals surface area contributed by atoms with E-state index < -0.39 is 0 Å².